The third kappa shape index (κ3) is 3.83. The Morgan fingerprint density at radius 3 is 2.05 bits per heavy atom. The zero-order valence-corrected chi connectivity index (χ0v) is 10.5. The Hall–Kier alpha value is -1.81. The molecule has 0 aliphatic carbocycles. The first-order valence-electron chi connectivity index (χ1n) is 5.98. The number of rotatable bonds is 4. The van der Waals surface area contributed by atoms with Crippen molar-refractivity contribution in [2.24, 2.45) is 0 Å². The minimum absolute atomic E-state index is 0.0353. The Labute approximate surface area is 110 Å². The molecule has 2 aromatic rings. The standard InChI is InChI=1S/C15H14F3N/c1-10(12-2-4-13(16)5-3-12)19-9-11-6-14(17)8-15(18)7-11/h2-8,10,19H,9H2,1H3/t10-/m1/s1. The van der Waals surface area contributed by atoms with Crippen LogP contribution >= 0.6 is 0 Å². The maximum Gasteiger partial charge on any atom is 0.126 e. The molecule has 0 radical (unpaired) electrons. The van der Waals surface area contributed by atoms with Crippen molar-refractivity contribution in [1.82, 2.24) is 5.32 Å². The summed E-state index contributed by atoms with van der Waals surface area (Å²) in [7, 11) is 0. The van der Waals surface area contributed by atoms with Crippen LogP contribution in [0.25, 0.3) is 0 Å². The lowest BCUT2D eigenvalue weighted by atomic mass is 10.1. The van der Waals surface area contributed by atoms with Crippen molar-refractivity contribution in [3.05, 3.63) is 71.0 Å². The van der Waals surface area contributed by atoms with Gasteiger partial charge in [-0.25, -0.2) is 13.2 Å². The summed E-state index contributed by atoms with van der Waals surface area (Å²) in [4.78, 5) is 0. The van der Waals surface area contributed by atoms with Crippen LogP contribution in [0, 0.1) is 17.5 Å². The van der Waals surface area contributed by atoms with Crippen LogP contribution in [0.5, 0.6) is 0 Å². The van der Waals surface area contributed by atoms with Crippen LogP contribution in [0.2, 0.25) is 0 Å². The monoisotopic (exact) mass is 265 g/mol. The van der Waals surface area contributed by atoms with Gasteiger partial charge in [0.1, 0.15) is 17.5 Å². The molecule has 0 unspecified atom stereocenters. The average Bonchev–Trinajstić information content (AvgIpc) is 2.36. The largest absolute Gasteiger partial charge is 0.306 e. The summed E-state index contributed by atoms with van der Waals surface area (Å²) in [5, 5.41) is 3.13. The van der Waals surface area contributed by atoms with Crippen LogP contribution in [0.15, 0.2) is 42.5 Å². The van der Waals surface area contributed by atoms with Gasteiger partial charge in [-0.2, -0.15) is 0 Å². The van der Waals surface area contributed by atoms with Crippen molar-refractivity contribution in [3.8, 4) is 0 Å². The van der Waals surface area contributed by atoms with E-state index in [0.29, 0.717) is 12.1 Å². The Balaban J connectivity index is 1.99. The maximum absolute atomic E-state index is 13.0. The summed E-state index contributed by atoms with van der Waals surface area (Å²) >= 11 is 0. The minimum atomic E-state index is -0.591. The summed E-state index contributed by atoms with van der Waals surface area (Å²) < 4.78 is 38.8. The summed E-state index contributed by atoms with van der Waals surface area (Å²) in [5.41, 5.74) is 1.45. The molecule has 100 valence electrons. The van der Waals surface area contributed by atoms with Crippen molar-refractivity contribution in [3.63, 3.8) is 0 Å². The van der Waals surface area contributed by atoms with Crippen LogP contribution in [0.1, 0.15) is 24.1 Å². The summed E-state index contributed by atoms with van der Waals surface area (Å²) in [6.07, 6.45) is 0. The molecule has 0 aliphatic rings. The minimum Gasteiger partial charge on any atom is -0.306 e. The lowest BCUT2D eigenvalue weighted by Crippen LogP contribution is -2.18. The predicted molar refractivity (Wildman–Crippen MR) is 68.0 cm³/mol. The van der Waals surface area contributed by atoms with Gasteiger partial charge in [0.25, 0.3) is 0 Å². The van der Waals surface area contributed by atoms with Crippen LogP contribution in [-0.2, 0) is 6.54 Å². The van der Waals surface area contributed by atoms with Crippen molar-refractivity contribution in [2.45, 2.75) is 19.5 Å². The second kappa shape index (κ2) is 5.89. The van der Waals surface area contributed by atoms with Crippen LogP contribution in [-0.4, -0.2) is 0 Å². The molecule has 0 fully saturated rings. The van der Waals surface area contributed by atoms with Gasteiger partial charge in [-0.15, -0.1) is 0 Å². The van der Waals surface area contributed by atoms with Gasteiger partial charge in [-0.1, -0.05) is 12.1 Å². The third-order valence-electron chi connectivity index (χ3n) is 2.90. The Morgan fingerprint density at radius 1 is 0.895 bits per heavy atom. The lowest BCUT2D eigenvalue weighted by Gasteiger charge is -2.14. The molecule has 0 aliphatic heterocycles. The number of benzene rings is 2. The second-order valence-electron chi connectivity index (χ2n) is 4.43. The molecule has 1 atom stereocenters. The summed E-state index contributed by atoms with van der Waals surface area (Å²) in [6, 6.07) is 9.50. The highest BCUT2D eigenvalue weighted by Gasteiger charge is 2.06. The fourth-order valence-corrected chi connectivity index (χ4v) is 1.85. The van der Waals surface area contributed by atoms with Crippen LogP contribution in [0.3, 0.4) is 0 Å². The van der Waals surface area contributed by atoms with Gasteiger partial charge < -0.3 is 5.32 Å². The van der Waals surface area contributed by atoms with Crippen molar-refractivity contribution < 1.29 is 13.2 Å². The maximum atomic E-state index is 13.0. The summed E-state index contributed by atoms with van der Waals surface area (Å²) in [5.74, 6) is -1.47. The quantitative estimate of drug-likeness (QED) is 0.882. The molecule has 2 aromatic carbocycles. The van der Waals surface area contributed by atoms with E-state index in [1.807, 2.05) is 6.92 Å². The van der Waals surface area contributed by atoms with Gasteiger partial charge >= 0.3 is 0 Å². The van der Waals surface area contributed by atoms with E-state index in [9.17, 15) is 13.2 Å². The molecule has 1 N–H and O–H groups in total. The Bertz CT molecular complexity index is 532. The van der Waals surface area contributed by atoms with Crippen molar-refractivity contribution >= 4 is 0 Å². The first kappa shape index (κ1) is 13.6. The number of hydrogen-bond donors (Lipinski definition) is 1. The van der Waals surface area contributed by atoms with E-state index in [0.717, 1.165) is 11.6 Å². The molecule has 0 amide bonds. The average molecular weight is 265 g/mol. The van der Waals surface area contributed by atoms with Crippen molar-refractivity contribution in [2.75, 3.05) is 0 Å². The van der Waals surface area contributed by atoms with E-state index in [2.05, 4.69) is 5.32 Å². The van der Waals surface area contributed by atoms with E-state index < -0.39 is 11.6 Å². The van der Waals surface area contributed by atoms with E-state index in [4.69, 9.17) is 0 Å². The zero-order chi connectivity index (χ0) is 13.8. The smallest absolute Gasteiger partial charge is 0.126 e. The number of hydrogen-bond acceptors (Lipinski definition) is 1. The molecule has 0 heterocycles. The molecule has 0 aromatic heterocycles. The lowest BCUT2D eigenvalue weighted by molar-refractivity contribution is 0.552. The Kier molecular flexibility index (Phi) is 4.22. The van der Waals surface area contributed by atoms with E-state index in [1.54, 1.807) is 12.1 Å². The SMILES string of the molecule is C[C@@H](NCc1cc(F)cc(F)c1)c1ccc(F)cc1. The predicted octanol–water partition coefficient (Wildman–Crippen LogP) is 3.95. The zero-order valence-electron chi connectivity index (χ0n) is 10.5. The van der Waals surface area contributed by atoms with E-state index >= 15 is 0 Å². The summed E-state index contributed by atoms with van der Waals surface area (Å²) in [6.45, 7) is 2.25. The highest BCUT2D eigenvalue weighted by atomic mass is 19.1. The molecule has 0 saturated carbocycles. The number of nitrogens with one attached hydrogen (secondary N) is 1. The topological polar surface area (TPSA) is 12.0 Å². The van der Waals surface area contributed by atoms with Gasteiger partial charge in [-0.05, 0) is 42.3 Å². The highest BCUT2D eigenvalue weighted by Crippen LogP contribution is 2.14. The Morgan fingerprint density at radius 2 is 1.47 bits per heavy atom. The third-order valence-corrected chi connectivity index (χ3v) is 2.90. The second-order valence-corrected chi connectivity index (χ2v) is 4.43. The molecular formula is C15H14F3N. The molecule has 0 saturated heterocycles. The fourth-order valence-electron chi connectivity index (χ4n) is 1.85. The normalized spacial score (nSPS) is 12.4. The van der Waals surface area contributed by atoms with Crippen LogP contribution in [0.4, 0.5) is 13.2 Å². The molecule has 2 rings (SSSR count). The van der Waals surface area contributed by atoms with Gasteiger partial charge in [0.05, 0.1) is 0 Å². The van der Waals surface area contributed by atoms with Gasteiger partial charge in [0.15, 0.2) is 0 Å². The van der Waals surface area contributed by atoms with Crippen molar-refractivity contribution in [1.29, 1.82) is 0 Å². The first-order chi connectivity index (χ1) is 9.04. The van der Waals surface area contributed by atoms with Gasteiger partial charge in [0, 0.05) is 18.7 Å². The molecular weight excluding hydrogens is 251 g/mol. The van der Waals surface area contributed by atoms with Crippen LogP contribution < -0.4 is 5.32 Å². The highest BCUT2D eigenvalue weighted by molar-refractivity contribution is 5.21. The van der Waals surface area contributed by atoms with E-state index in [-0.39, 0.29) is 11.9 Å². The number of halogens is 3. The molecule has 1 nitrogen and oxygen atoms in total. The molecule has 19 heavy (non-hydrogen) atoms. The van der Waals surface area contributed by atoms with E-state index in [1.165, 1.54) is 24.3 Å². The fraction of sp³-hybridized carbons (Fsp3) is 0.200. The van der Waals surface area contributed by atoms with Gasteiger partial charge in [0.2, 0.25) is 0 Å². The molecule has 0 spiro atoms. The molecule has 4 heteroatoms. The first-order valence-corrected chi connectivity index (χ1v) is 5.98. The van der Waals surface area contributed by atoms with Gasteiger partial charge in [-0.3, -0.25) is 0 Å². The molecule has 0 bridgehead atoms.